The molecule has 8 nitrogen and oxygen atoms in total. The van der Waals surface area contributed by atoms with Crippen LogP contribution in [0.25, 0.3) is 10.4 Å². The van der Waals surface area contributed by atoms with Gasteiger partial charge < -0.3 is 23.7 Å². The van der Waals surface area contributed by atoms with Gasteiger partial charge in [0.15, 0.2) is 6.29 Å². The molecule has 1 fully saturated rings. The summed E-state index contributed by atoms with van der Waals surface area (Å²) in [5.41, 5.74) is 12.1. The number of ether oxygens (including phenoxy) is 5. The van der Waals surface area contributed by atoms with Gasteiger partial charge in [0.1, 0.15) is 18.3 Å². The smallest absolute Gasteiger partial charge is 0.187 e. The molecule has 0 N–H and O–H groups in total. The van der Waals surface area contributed by atoms with E-state index >= 15 is 0 Å². The van der Waals surface area contributed by atoms with Crippen molar-refractivity contribution in [3.05, 3.63) is 131 Å². The molecule has 1 heterocycles. The van der Waals surface area contributed by atoms with Crippen molar-refractivity contribution < 1.29 is 23.7 Å². The first-order valence-corrected chi connectivity index (χ1v) is 12.6. The Morgan fingerprint density at radius 3 is 1.66 bits per heavy atom. The maximum Gasteiger partial charge on any atom is 0.187 e. The maximum atomic E-state index is 9.04. The van der Waals surface area contributed by atoms with Crippen molar-refractivity contribution in [3.63, 3.8) is 0 Å². The summed E-state index contributed by atoms with van der Waals surface area (Å²) < 4.78 is 31.7. The molecule has 8 heteroatoms. The van der Waals surface area contributed by atoms with Gasteiger partial charge in [0.2, 0.25) is 0 Å². The van der Waals surface area contributed by atoms with E-state index in [0.29, 0.717) is 19.8 Å². The van der Waals surface area contributed by atoms with Crippen LogP contribution in [-0.2, 0) is 43.5 Å². The van der Waals surface area contributed by atoms with Crippen molar-refractivity contribution in [2.75, 3.05) is 13.2 Å². The van der Waals surface area contributed by atoms with Gasteiger partial charge in [-0.3, -0.25) is 0 Å². The average Bonchev–Trinajstić information content (AvgIpc) is 2.97. The van der Waals surface area contributed by atoms with E-state index in [4.69, 9.17) is 29.2 Å². The highest BCUT2D eigenvalue weighted by atomic mass is 16.7. The van der Waals surface area contributed by atoms with E-state index in [0.717, 1.165) is 16.7 Å². The molecular weight excluding hydrogens is 482 g/mol. The number of benzene rings is 3. The molecule has 0 bridgehead atoms. The molecule has 1 unspecified atom stereocenters. The molecule has 0 spiro atoms. The summed E-state index contributed by atoms with van der Waals surface area (Å²) in [5.74, 6) is 0. The number of nitrogens with zero attached hydrogens (tertiary/aromatic N) is 3. The molecule has 5 atom stereocenters. The minimum Gasteiger partial charge on any atom is -0.368 e. The Balaban J connectivity index is 1.63. The third-order valence-electron chi connectivity index (χ3n) is 6.15. The Kier molecular flexibility index (Phi) is 10.9. The normalized spacial score (nSPS) is 22.9. The van der Waals surface area contributed by atoms with Gasteiger partial charge in [0.05, 0.1) is 39.1 Å². The summed E-state index contributed by atoms with van der Waals surface area (Å²) in [7, 11) is 0. The fourth-order valence-electron chi connectivity index (χ4n) is 4.31. The largest absolute Gasteiger partial charge is 0.368 e. The highest BCUT2D eigenvalue weighted by molar-refractivity contribution is 5.15. The van der Waals surface area contributed by atoms with Crippen molar-refractivity contribution in [3.8, 4) is 0 Å². The van der Waals surface area contributed by atoms with E-state index in [1.54, 1.807) is 6.08 Å². The standard InChI is InChI=1S/C30H33N3O5/c1-2-18-34-30-29(37-22-25-16-10-5-11-17-25)28(36-21-24-14-8-4-9-15-24)27(26(38-30)19-32-33-31)35-20-23-12-6-3-7-13-23/h2-17,26-30H,1,18-22H2/t26-,27-,28+,29-,30?/m1/s1. The Labute approximate surface area is 223 Å². The van der Waals surface area contributed by atoms with Crippen LogP contribution in [0.1, 0.15) is 16.7 Å². The Hall–Kier alpha value is -3.49. The number of azide groups is 1. The van der Waals surface area contributed by atoms with Crippen LogP contribution in [-0.4, -0.2) is 43.9 Å². The molecular formula is C30H33N3O5. The SMILES string of the molecule is C=CCOC1O[C@H](CN=[N+]=[N-])[C@@H](OCc2ccccc2)[C@H](OCc2ccccc2)[C@H]1OCc1ccccc1. The molecule has 0 amide bonds. The van der Waals surface area contributed by atoms with Crippen LogP contribution < -0.4 is 0 Å². The Bertz CT molecular complexity index is 1140. The molecule has 0 saturated carbocycles. The van der Waals surface area contributed by atoms with Crippen LogP contribution in [0.15, 0.2) is 109 Å². The second-order valence-corrected chi connectivity index (χ2v) is 8.86. The summed E-state index contributed by atoms with van der Waals surface area (Å²) in [6.07, 6.45) is -1.53. The second kappa shape index (κ2) is 15.1. The summed E-state index contributed by atoms with van der Waals surface area (Å²) >= 11 is 0. The van der Waals surface area contributed by atoms with Crippen LogP contribution in [0.5, 0.6) is 0 Å². The van der Waals surface area contributed by atoms with E-state index in [-0.39, 0.29) is 13.2 Å². The first-order valence-electron chi connectivity index (χ1n) is 12.6. The van der Waals surface area contributed by atoms with Crippen LogP contribution in [0.4, 0.5) is 0 Å². The summed E-state index contributed by atoms with van der Waals surface area (Å²) in [4.78, 5) is 2.94. The molecule has 1 aliphatic rings. The van der Waals surface area contributed by atoms with Gasteiger partial charge in [0.25, 0.3) is 0 Å². The van der Waals surface area contributed by atoms with E-state index in [1.165, 1.54) is 0 Å². The Morgan fingerprint density at radius 1 is 0.711 bits per heavy atom. The molecule has 1 aliphatic heterocycles. The van der Waals surface area contributed by atoms with Crippen molar-refractivity contribution in [1.82, 2.24) is 0 Å². The fourth-order valence-corrected chi connectivity index (χ4v) is 4.31. The molecule has 38 heavy (non-hydrogen) atoms. The summed E-state index contributed by atoms with van der Waals surface area (Å²) in [5, 5.41) is 3.79. The van der Waals surface area contributed by atoms with Crippen molar-refractivity contribution in [2.24, 2.45) is 5.11 Å². The topological polar surface area (TPSA) is 94.9 Å². The highest BCUT2D eigenvalue weighted by Gasteiger charge is 2.48. The lowest BCUT2D eigenvalue weighted by Crippen LogP contribution is -2.61. The molecule has 0 radical (unpaired) electrons. The minimum atomic E-state index is -0.784. The van der Waals surface area contributed by atoms with E-state index in [1.807, 2.05) is 91.0 Å². The van der Waals surface area contributed by atoms with Gasteiger partial charge in [0, 0.05) is 4.91 Å². The number of hydrogen-bond donors (Lipinski definition) is 0. The second-order valence-electron chi connectivity index (χ2n) is 8.86. The van der Waals surface area contributed by atoms with E-state index < -0.39 is 30.7 Å². The van der Waals surface area contributed by atoms with Gasteiger partial charge in [-0.15, -0.1) is 6.58 Å². The third-order valence-corrected chi connectivity index (χ3v) is 6.15. The Morgan fingerprint density at radius 2 is 1.18 bits per heavy atom. The van der Waals surface area contributed by atoms with E-state index in [2.05, 4.69) is 16.6 Å². The zero-order valence-corrected chi connectivity index (χ0v) is 21.2. The molecule has 0 aliphatic carbocycles. The molecule has 3 aromatic carbocycles. The molecule has 198 valence electrons. The van der Waals surface area contributed by atoms with Crippen LogP contribution in [0.3, 0.4) is 0 Å². The predicted molar refractivity (Wildman–Crippen MR) is 144 cm³/mol. The summed E-state index contributed by atoms with van der Waals surface area (Å²) in [6, 6.07) is 29.6. The van der Waals surface area contributed by atoms with Gasteiger partial charge in [-0.25, -0.2) is 0 Å². The zero-order chi connectivity index (χ0) is 26.4. The quantitative estimate of drug-likeness (QED) is 0.114. The first-order chi connectivity index (χ1) is 18.8. The molecule has 3 aromatic rings. The van der Waals surface area contributed by atoms with Crippen LogP contribution in [0.2, 0.25) is 0 Å². The highest BCUT2D eigenvalue weighted by Crippen LogP contribution is 2.31. The summed E-state index contributed by atoms with van der Waals surface area (Å²) in [6.45, 7) is 5.07. The van der Waals surface area contributed by atoms with Gasteiger partial charge in [-0.05, 0) is 22.2 Å². The first kappa shape index (κ1) is 27.5. The minimum absolute atomic E-state index is 0.0561. The molecule has 4 rings (SSSR count). The van der Waals surface area contributed by atoms with Crippen molar-refractivity contribution in [2.45, 2.75) is 50.5 Å². The fraction of sp³-hybridized carbons (Fsp3) is 0.333. The monoisotopic (exact) mass is 515 g/mol. The van der Waals surface area contributed by atoms with Crippen molar-refractivity contribution in [1.29, 1.82) is 0 Å². The van der Waals surface area contributed by atoms with Gasteiger partial charge in [-0.1, -0.05) is 102 Å². The van der Waals surface area contributed by atoms with Gasteiger partial charge in [-0.2, -0.15) is 0 Å². The van der Waals surface area contributed by atoms with Crippen LogP contribution >= 0.6 is 0 Å². The number of hydrogen-bond acceptors (Lipinski definition) is 6. The van der Waals surface area contributed by atoms with Crippen molar-refractivity contribution >= 4 is 0 Å². The average molecular weight is 516 g/mol. The third kappa shape index (κ3) is 8.00. The number of rotatable bonds is 14. The molecule has 1 saturated heterocycles. The lowest BCUT2D eigenvalue weighted by molar-refractivity contribution is -0.319. The van der Waals surface area contributed by atoms with E-state index in [9.17, 15) is 0 Å². The predicted octanol–water partition coefficient (Wildman–Crippen LogP) is 5.98. The van der Waals surface area contributed by atoms with Crippen LogP contribution in [0, 0.1) is 0 Å². The zero-order valence-electron chi connectivity index (χ0n) is 21.2. The lowest BCUT2D eigenvalue weighted by atomic mass is 9.97. The molecule has 0 aromatic heterocycles. The lowest BCUT2D eigenvalue weighted by Gasteiger charge is -2.45. The maximum absolute atomic E-state index is 9.04. The van der Waals surface area contributed by atoms with Gasteiger partial charge >= 0.3 is 0 Å².